The summed E-state index contributed by atoms with van der Waals surface area (Å²) in [5.74, 6) is 0. The molecule has 0 unspecified atom stereocenters. The lowest BCUT2D eigenvalue weighted by atomic mass is 10.1. The number of nitrogens with one attached hydrogen (secondary N) is 1. The number of rotatable bonds is 3. The van der Waals surface area contributed by atoms with E-state index in [0.717, 1.165) is 17.7 Å². The van der Waals surface area contributed by atoms with E-state index < -0.39 is 0 Å². The maximum atomic E-state index is 11.7. The van der Waals surface area contributed by atoms with Crippen LogP contribution in [-0.4, -0.2) is 12.6 Å². The minimum absolute atomic E-state index is 0.183. The van der Waals surface area contributed by atoms with Crippen LogP contribution in [0.15, 0.2) is 18.2 Å². The second-order valence-corrected chi connectivity index (χ2v) is 4.23. The van der Waals surface area contributed by atoms with Gasteiger partial charge in [-0.1, -0.05) is 37.4 Å². The van der Waals surface area contributed by atoms with Crippen molar-refractivity contribution in [1.82, 2.24) is 5.32 Å². The SMILES string of the molecule is CCCNC(=O)N(S)c1ccc(C)cc1C. The van der Waals surface area contributed by atoms with Crippen LogP contribution in [0.4, 0.5) is 10.5 Å². The zero-order valence-corrected chi connectivity index (χ0v) is 10.8. The second-order valence-electron chi connectivity index (χ2n) is 3.83. The third kappa shape index (κ3) is 3.17. The van der Waals surface area contributed by atoms with Gasteiger partial charge < -0.3 is 5.32 Å². The molecular weight excluding hydrogens is 220 g/mol. The molecule has 0 aromatic heterocycles. The van der Waals surface area contributed by atoms with Gasteiger partial charge in [-0.15, -0.1) is 0 Å². The summed E-state index contributed by atoms with van der Waals surface area (Å²) >= 11 is 4.21. The lowest BCUT2D eigenvalue weighted by Crippen LogP contribution is -2.34. The Balaban J connectivity index is 2.79. The van der Waals surface area contributed by atoms with E-state index in [-0.39, 0.29) is 6.03 Å². The fourth-order valence-corrected chi connectivity index (χ4v) is 1.75. The molecule has 1 rings (SSSR count). The van der Waals surface area contributed by atoms with Crippen molar-refractivity contribution in [2.45, 2.75) is 27.2 Å². The minimum atomic E-state index is -0.183. The van der Waals surface area contributed by atoms with Gasteiger partial charge in [0.15, 0.2) is 0 Å². The van der Waals surface area contributed by atoms with Crippen LogP contribution < -0.4 is 9.62 Å². The number of amides is 2. The van der Waals surface area contributed by atoms with E-state index in [1.807, 2.05) is 39.0 Å². The van der Waals surface area contributed by atoms with Crippen LogP contribution >= 0.6 is 12.8 Å². The third-order valence-electron chi connectivity index (χ3n) is 2.30. The summed E-state index contributed by atoms with van der Waals surface area (Å²) in [7, 11) is 0. The van der Waals surface area contributed by atoms with Gasteiger partial charge in [0.25, 0.3) is 0 Å². The summed E-state index contributed by atoms with van der Waals surface area (Å²) in [5.41, 5.74) is 3.04. The summed E-state index contributed by atoms with van der Waals surface area (Å²) in [6.07, 6.45) is 0.917. The number of carbonyl (C=O) groups excluding carboxylic acids is 1. The molecule has 0 aliphatic rings. The molecule has 0 heterocycles. The van der Waals surface area contributed by atoms with E-state index in [0.29, 0.717) is 6.54 Å². The van der Waals surface area contributed by atoms with Crippen LogP contribution in [0.2, 0.25) is 0 Å². The fraction of sp³-hybridized carbons (Fsp3) is 0.417. The van der Waals surface area contributed by atoms with Gasteiger partial charge in [0.2, 0.25) is 0 Å². The van der Waals surface area contributed by atoms with Crippen molar-refractivity contribution in [2.75, 3.05) is 10.8 Å². The lowest BCUT2D eigenvalue weighted by Gasteiger charge is -2.18. The second kappa shape index (κ2) is 5.80. The van der Waals surface area contributed by atoms with Crippen molar-refractivity contribution in [2.24, 2.45) is 0 Å². The summed E-state index contributed by atoms with van der Waals surface area (Å²) < 4.78 is 1.35. The summed E-state index contributed by atoms with van der Waals surface area (Å²) in [5, 5.41) is 2.78. The van der Waals surface area contributed by atoms with Crippen LogP contribution in [-0.2, 0) is 0 Å². The summed E-state index contributed by atoms with van der Waals surface area (Å²) in [6, 6.07) is 5.73. The predicted octanol–water partition coefficient (Wildman–Crippen LogP) is 3.07. The first kappa shape index (κ1) is 12.9. The first-order chi connectivity index (χ1) is 7.56. The van der Waals surface area contributed by atoms with E-state index in [2.05, 4.69) is 18.1 Å². The normalized spacial score (nSPS) is 10.0. The average molecular weight is 238 g/mol. The third-order valence-corrected chi connectivity index (χ3v) is 2.70. The van der Waals surface area contributed by atoms with Crippen molar-refractivity contribution in [3.8, 4) is 0 Å². The van der Waals surface area contributed by atoms with Crippen LogP contribution in [0.3, 0.4) is 0 Å². The highest BCUT2D eigenvalue weighted by Gasteiger charge is 2.12. The van der Waals surface area contributed by atoms with Crippen molar-refractivity contribution < 1.29 is 4.79 Å². The fourth-order valence-electron chi connectivity index (χ4n) is 1.46. The Kier molecular flexibility index (Phi) is 4.68. The highest BCUT2D eigenvalue weighted by molar-refractivity contribution is 7.82. The quantitative estimate of drug-likeness (QED) is 0.779. The maximum absolute atomic E-state index is 11.7. The van der Waals surface area contributed by atoms with Crippen molar-refractivity contribution in [3.05, 3.63) is 29.3 Å². The topological polar surface area (TPSA) is 32.3 Å². The number of carbonyl (C=O) groups is 1. The van der Waals surface area contributed by atoms with Gasteiger partial charge in [-0.25, -0.2) is 9.10 Å². The molecule has 2 amide bonds. The molecule has 0 saturated heterocycles. The molecule has 3 nitrogen and oxygen atoms in total. The van der Waals surface area contributed by atoms with E-state index in [1.54, 1.807) is 0 Å². The maximum Gasteiger partial charge on any atom is 0.331 e. The van der Waals surface area contributed by atoms with Gasteiger partial charge in [0, 0.05) is 6.54 Å². The molecule has 16 heavy (non-hydrogen) atoms. The standard InChI is InChI=1S/C12H18N2OS/c1-4-7-13-12(15)14(16)11-6-5-9(2)8-10(11)3/h5-6,8,16H,4,7H2,1-3H3,(H,13,15). The van der Waals surface area contributed by atoms with E-state index >= 15 is 0 Å². The molecule has 1 aromatic rings. The summed E-state index contributed by atoms with van der Waals surface area (Å²) in [6.45, 7) is 6.68. The molecule has 0 saturated carbocycles. The van der Waals surface area contributed by atoms with Crippen LogP contribution in [0, 0.1) is 13.8 Å². The van der Waals surface area contributed by atoms with E-state index in [4.69, 9.17) is 0 Å². The number of thiol groups is 1. The lowest BCUT2D eigenvalue weighted by molar-refractivity contribution is 0.250. The molecule has 0 fully saturated rings. The molecule has 0 spiro atoms. The van der Waals surface area contributed by atoms with Gasteiger partial charge in [-0.2, -0.15) is 0 Å². The number of hydrogen-bond donors (Lipinski definition) is 2. The van der Waals surface area contributed by atoms with Crippen LogP contribution in [0.25, 0.3) is 0 Å². The van der Waals surface area contributed by atoms with Crippen LogP contribution in [0.5, 0.6) is 0 Å². The molecule has 0 aliphatic carbocycles. The molecule has 0 bridgehead atoms. The number of nitrogens with zero attached hydrogens (tertiary/aromatic N) is 1. The summed E-state index contributed by atoms with van der Waals surface area (Å²) in [4.78, 5) is 11.7. The van der Waals surface area contributed by atoms with E-state index in [9.17, 15) is 4.79 Å². The Labute approximate surface area is 102 Å². The Bertz CT molecular complexity index is 379. The van der Waals surface area contributed by atoms with Gasteiger partial charge in [0.1, 0.15) is 0 Å². The Morgan fingerprint density at radius 2 is 2.12 bits per heavy atom. The number of urea groups is 1. The monoisotopic (exact) mass is 238 g/mol. The first-order valence-electron chi connectivity index (χ1n) is 5.40. The van der Waals surface area contributed by atoms with E-state index in [1.165, 1.54) is 9.87 Å². The molecule has 1 aromatic carbocycles. The van der Waals surface area contributed by atoms with Crippen molar-refractivity contribution in [3.63, 3.8) is 0 Å². The molecular formula is C12H18N2OS. The number of benzene rings is 1. The largest absolute Gasteiger partial charge is 0.337 e. The Morgan fingerprint density at radius 1 is 1.44 bits per heavy atom. The number of hydrogen-bond acceptors (Lipinski definition) is 2. The molecule has 0 aliphatic heterocycles. The Morgan fingerprint density at radius 3 is 2.69 bits per heavy atom. The molecule has 4 heteroatoms. The van der Waals surface area contributed by atoms with Gasteiger partial charge >= 0.3 is 6.03 Å². The molecule has 0 radical (unpaired) electrons. The highest BCUT2D eigenvalue weighted by Crippen LogP contribution is 2.22. The zero-order valence-electron chi connectivity index (χ0n) is 9.95. The molecule has 0 atom stereocenters. The van der Waals surface area contributed by atoms with Crippen molar-refractivity contribution >= 4 is 24.5 Å². The zero-order chi connectivity index (χ0) is 12.1. The van der Waals surface area contributed by atoms with Gasteiger partial charge in [-0.05, 0) is 31.9 Å². The molecule has 1 N–H and O–H groups in total. The van der Waals surface area contributed by atoms with Crippen LogP contribution in [0.1, 0.15) is 24.5 Å². The molecule has 88 valence electrons. The smallest absolute Gasteiger partial charge is 0.331 e. The highest BCUT2D eigenvalue weighted by atomic mass is 32.1. The van der Waals surface area contributed by atoms with Gasteiger partial charge in [0.05, 0.1) is 5.69 Å². The van der Waals surface area contributed by atoms with Crippen molar-refractivity contribution in [1.29, 1.82) is 0 Å². The predicted molar refractivity (Wildman–Crippen MR) is 71.1 cm³/mol. The Hall–Kier alpha value is -1.16. The van der Waals surface area contributed by atoms with Gasteiger partial charge in [-0.3, -0.25) is 0 Å². The minimum Gasteiger partial charge on any atom is -0.337 e. The number of anilines is 1. The number of aryl methyl sites for hydroxylation is 2. The first-order valence-corrected chi connectivity index (χ1v) is 5.80. The average Bonchev–Trinajstić information content (AvgIpc) is 2.25.